The van der Waals surface area contributed by atoms with Crippen molar-refractivity contribution in [1.29, 1.82) is 0 Å². The van der Waals surface area contributed by atoms with E-state index in [2.05, 4.69) is 32.3 Å². The molecule has 0 unspecified atom stereocenters. The van der Waals surface area contributed by atoms with Crippen LogP contribution in [0.2, 0.25) is 0 Å². The SMILES string of the molecule is CNC.O=c1[nH]c2c(c3cc(-c4cn[nH]c4)sc13)COCC#C2. The summed E-state index contributed by atoms with van der Waals surface area (Å²) in [6, 6.07) is 2.01. The van der Waals surface area contributed by atoms with Gasteiger partial charge >= 0.3 is 0 Å². The van der Waals surface area contributed by atoms with Gasteiger partial charge in [-0.25, -0.2) is 0 Å². The molecule has 0 aromatic carbocycles. The molecule has 0 amide bonds. The molecule has 0 spiro atoms. The van der Waals surface area contributed by atoms with E-state index < -0.39 is 0 Å². The standard InChI is InChI=1S/C14H9N3O2S.C2H7N/c18-14-13-9(4-12(20-13)8-5-15-16-6-8)10-7-19-3-1-2-11(10)17-14;1-3-2/h4-6H,3,7H2,(H,15,16)(H,17,18);3H,1-2H3. The molecule has 6 nitrogen and oxygen atoms in total. The Morgan fingerprint density at radius 3 is 3.00 bits per heavy atom. The van der Waals surface area contributed by atoms with Crippen molar-refractivity contribution in [3.8, 4) is 22.3 Å². The number of aromatic nitrogens is 3. The number of hydrogen-bond donors (Lipinski definition) is 3. The van der Waals surface area contributed by atoms with E-state index in [1.54, 1.807) is 6.20 Å². The number of thiophene rings is 1. The lowest BCUT2D eigenvalue weighted by Gasteiger charge is -2.03. The number of aromatic amines is 2. The average molecular weight is 328 g/mol. The first-order valence-corrected chi connectivity index (χ1v) is 7.89. The van der Waals surface area contributed by atoms with Crippen molar-refractivity contribution in [2.24, 2.45) is 0 Å². The van der Waals surface area contributed by atoms with Gasteiger partial charge in [0.1, 0.15) is 11.3 Å². The van der Waals surface area contributed by atoms with Gasteiger partial charge in [0.15, 0.2) is 0 Å². The van der Waals surface area contributed by atoms with Crippen LogP contribution < -0.4 is 10.9 Å². The molecule has 4 heterocycles. The van der Waals surface area contributed by atoms with Crippen molar-refractivity contribution in [1.82, 2.24) is 20.5 Å². The second kappa shape index (κ2) is 6.79. The van der Waals surface area contributed by atoms with E-state index in [4.69, 9.17) is 4.74 Å². The van der Waals surface area contributed by atoms with Crippen LogP contribution in [-0.2, 0) is 11.3 Å². The van der Waals surface area contributed by atoms with Crippen LogP contribution in [0.25, 0.3) is 20.5 Å². The molecule has 0 aliphatic carbocycles. The van der Waals surface area contributed by atoms with Crippen molar-refractivity contribution in [3.63, 3.8) is 0 Å². The monoisotopic (exact) mass is 328 g/mol. The minimum absolute atomic E-state index is 0.102. The summed E-state index contributed by atoms with van der Waals surface area (Å²) in [5.74, 6) is 5.83. The topological polar surface area (TPSA) is 82.8 Å². The second-order valence-electron chi connectivity index (χ2n) is 4.94. The van der Waals surface area contributed by atoms with E-state index in [0.29, 0.717) is 23.6 Å². The van der Waals surface area contributed by atoms with Crippen LogP contribution in [0.3, 0.4) is 0 Å². The summed E-state index contributed by atoms with van der Waals surface area (Å²) in [6.07, 6.45) is 3.56. The first-order valence-electron chi connectivity index (χ1n) is 7.07. The van der Waals surface area contributed by atoms with Crippen LogP contribution in [0.15, 0.2) is 23.3 Å². The summed E-state index contributed by atoms with van der Waals surface area (Å²) in [5.41, 5.74) is 2.49. The predicted octanol–water partition coefficient (Wildman–Crippen LogP) is 1.70. The van der Waals surface area contributed by atoms with Gasteiger partial charge in [-0.15, -0.1) is 11.3 Å². The summed E-state index contributed by atoms with van der Waals surface area (Å²) < 4.78 is 6.16. The molecule has 118 valence electrons. The van der Waals surface area contributed by atoms with Crippen molar-refractivity contribution >= 4 is 21.4 Å². The van der Waals surface area contributed by atoms with Gasteiger partial charge in [0, 0.05) is 27.6 Å². The van der Waals surface area contributed by atoms with E-state index in [-0.39, 0.29) is 5.56 Å². The number of nitrogens with one attached hydrogen (secondary N) is 3. The number of rotatable bonds is 1. The van der Waals surface area contributed by atoms with Crippen molar-refractivity contribution in [3.05, 3.63) is 40.1 Å². The van der Waals surface area contributed by atoms with E-state index in [0.717, 1.165) is 21.4 Å². The molecular weight excluding hydrogens is 312 g/mol. The lowest BCUT2D eigenvalue weighted by atomic mass is 10.1. The number of pyridine rings is 1. The molecule has 1 aliphatic rings. The number of ether oxygens (including phenoxy) is 1. The van der Waals surface area contributed by atoms with Gasteiger partial charge in [-0.2, -0.15) is 5.10 Å². The fourth-order valence-electron chi connectivity index (χ4n) is 2.28. The van der Waals surface area contributed by atoms with Crippen LogP contribution in [0, 0.1) is 11.8 Å². The van der Waals surface area contributed by atoms with E-state index in [1.807, 2.05) is 26.4 Å². The maximum atomic E-state index is 12.2. The number of hydrogen-bond acceptors (Lipinski definition) is 5. The smallest absolute Gasteiger partial charge is 0.266 e. The van der Waals surface area contributed by atoms with Gasteiger partial charge in [-0.05, 0) is 26.1 Å². The molecular formula is C16H16N4O2S. The van der Waals surface area contributed by atoms with Crippen molar-refractivity contribution in [2.45, 2.75) is 6.61 Å². The normalized spacial score (nSPS) is 12.6. The van der Waals surface area contributed by atoms with Gasteiger partial charge in [-0.1, -0.05) is 5.92 Å². The Bertz CT molecular complexity index is 929. The Labute approximate surface area is 136 Å². The van der Waals surface area contributed by atoms with E-state index in [9.17, 15) is 4.79 Å². The average Bonchev–Trinajstić information content (AvgIpc) is 3.15. The highest BCUT2D eigenvalue weighted by molar-refractivity contribution is 7.22. The molecule has 0 saturated carbocycles. The first kappa shape index (κ1) is 15.5. The molecule has 4 rings (SSSR count). The molecule has 1 aliphatic heterocycles. The first-order chi connectivity index (χ1) is 11.2. The third kappa shape index (κ3) is 3.05. The van der Waals surface area contributed by atoms with Crippen LogP contribution in [0.5, 0.6) is 0 Å². The van der Waals surface area contributed by atoms with Gasteiger partial charge in [0.25, 0.3) is 5.56 Å². The number of nitrogens with zero attached hydrogens (tertiary/aromatic N) is 1. The zero-order valence-electron chi connectivity index (χ0n) is 12.8. The minimum atomic E-state index is -0.102. The molecule has 7 heteroatoms. The highest BCUT2D eigenvalue weighted by Gasteiger charge is 2.16. The predicted molar refractivity (Wildman–Crippen MR) is 91.5 cm³/mol. The highest BCUT2D eigenvalue weighted by Crippen LogP contribution is 2.33. The van der Waals surface area contributed by atoms with Gasteiger partial charge in [0.05, 0.1) is 18.5 Å². The summed E-state index contributed by atoms with van der Waals surface area (Å²) in [6.45, 7) is 0.834. The van der Waals surface area contributed by atoms with Gasteiger partial charge < -0.3 is 15.0 Å². The number of H-pyrrole nitrogens is 2. The summed E-state index contributed by atoms with van der Waals surface area (Å²) >= 11 is 1.45. The fraction of sp³-hybridized carbons (Fsp3) is 0.250. The Kier molecular flexibility index (Phi) is 4.57. The largest absolute Gasteiger partial charge is 0.364 e. The summed E-state index contributed by atoms with van der Waals surface area (Å²) in [4.78, 5) is 16.0. The van der Waals surface area contributed by atoms with Crippen LogP contribution in [-0.4, -0.2) is 35.9 Å². The van der Waals surface area contributed by atoms with Gasteiger partial charge in [0.2, 0.25) is 0 Å². The third-order valence-corrected chi connectivity index (χ3v) is 4.40. The van der Waals surface area contributed by atoms with Crippen molar-refractivity contribution in [2.75, 3.05) is 20.7 Å². The van der Waals surface area contributed by atoms with Crippen LogP contribution in [0.4, 0.5) is 0 Å². The molecule has 0 bridgehead atoms. The van der Waals surface area contributed by atoms with Gasteiger partial charge in [-0.3, -0.25) is 9.89 Å². The van der Waals surface area contributed by atoms with Crippen LogP contribution in [0.1, 0.15) is 11.3 Å². The second-order valence-corrected chi connectivity index (χ2v) is 5.99. The zero-order chi connectivity index (χ0) is 16.2. The molecule has 3 aromatic rings. The van der Waals surface area contributed by atoms with E-state index >= 15 is 0 Å². The molecule has 0 saturated heterocycles. The minimum Gasteiger partial charge on any atom is -0.364 e. The zero-order valence-corrected chi connectivity index (χ0v) is 13.6. The highest BCUT2D eigenvalue weighted by atomic mass is 32.1. The molecule has 3 N–H and O–H groups in total. The lowest BCUT2D eigenvalue weighted by molar-refractivity contribution is 0.155. The number of fused-ring (bicyclic) bond motifs is 3. The molecule has 23 heavy (non-hydrogen) atoms. The molecule has 0 fully saturated rings. The molecule has 3 aromatic heterocycles. The molecule has 0 atom stereocenters. The van der Waals surface area contributed by atoms with Crippen LogP contribution >= 0.6 is 11.3 Å². The summed E-state index contributed by atoms with van der Waals surface area (Å²) in [5, 5.41) is 10.4. The Morgan fingerprint density at radius 1 is 1.43 bits per heavy atom. The third-order valence-electron chi connectivity index (χ3n) is 3.22. The quantitative estimate of drug-likeness (QED) is 0.594. The molecule has 0 radical (unpaired) electrons. The maximum Gasteiger partial charge on any atom is 0.266 e. The van der Waals surface area contributed by atoms with Crippen molar-refractivity contribution < 1.29 is 4.74 Å². The van der Waals surface area contributed by atoms with E-state index in [1.165, 1.54) is 11.3 Å². The lowest BCUT2D eigenvalue weighted by Crippen LogP contribution is -2.09. The summed E-state index contributed by atoms with van der Waals surface area (Å²) in [7, 11) is 3.75. The Balaban J connectivity index is 0.000000485. The Morgan fingerprint density at radius 2 is 2.26 bits per heavy atom. The fourth-order valence-corrected chi connectivity index (χ4v) is 3.34. The Hall–Kier alpha value is -2.40. The maximum absolute atomic E-state index is 12.2.